The number of likely N-dealkylation sites (tertiary alicyclic amines) is 1. The molecule has 1 aliphatic heterocycles. The average Bonchev–Trinajstić information content (AvgIpc) is 3.31. The second kappa shape index (κ2) is 13.5. The summed E-state index contributed by atoms with van der Waals surface area (Å²) in [5.74, 6) is 0.470. The van der Waals surface area contributed by atoms with Crippen molar-refractivity contribution in [3.8, 4) is 11.1 Å². The summed E-state index contributed by atoms with van der Waals surface area (Å²) in [6.07, 6.45) is 19.0. The van der Waals surface area contributed by atoms with Crippen molar-refractivity contribution in [2.45, 2.75) is 46.1 Å². The number of hydrogen-bond acceptors (Lipinski definition) is 5. The highest BCUT2D eigenvalue weighted by atomic mass is 16.1. The summed E-state index contributed by atoms with van der Waals surface area (Å²) in [4.78, 5) is 23.1. The standard InChI is InChI=1S/C35H45N5O/c1-25-7-8-28-9-10-29(30-20-27(22-36-23-30)24-40-14-5-6-15-40)21-33(28)34(19-25)35(41)38-32-12-11-31(17-26(2)18-32)37-13-16-39(3)4/h9-12,17-23,25-26,37H,5-8,13-16,24H2,1-4H3,(H,38,41). The lowest BCUT2D eigenvalue weighted by Crippen LogP contribution is -2.25. The van der Waals surface area contributed by atoms with Gasteiger partial charge in [0, 0.05) is 54.6 Å². The molecule has 2 aromatic rings. The van der Waals surface area contributed by atoms with Crippen molar-refractivity contribution in [1.29, 1.82) is 0 Å². The molecule has 2 heterocycles. The molecule has 0 bridgehead atoms. The smallest absolute Gasteiger partial charge is 0.255 e. The number of hydrogen-bond donors (Lipinski definition) is 2. The predicted octanol–water partition coefficient (Wildman–Crippen LogP) is 5.55. The van der Waals surface area contributed by atoms with E-state index in [-0.39, 0.29) is 11.8 Å². The quantitative estimate of drug-likeness (QED) is 0.428. The van der Waals surface area contributed by atoms with Crippen LogP contribution in [0.3, 0.4) is 0 Å². The Labute approximate surface area is 245 Å². The van der Waals surface area contributed by atoms with Gasteiger partial charge in [-0.2, -0.15) is 0 Å². The van der Waals surface area contributed by atoms with Crippen LogP contribution in [0.4, 0.5) is 0 Å². The third kappa shape index (κ3) is 7.84. The maximum Gasteiger partial charge on any atom is 0.255 e. The minimum absolute atomic E-state index is 0.0508. The van der Waals surface area contributed by atoms with E-state index in [1.54, 1.807) is 0 Å². The Bertz CT molecular complexity index is 1360. The largest absolute Gasteiger partial charge is 0.384 e. The summed E-state index contributed by atoms with van der Waals surface area (Å²) in [6.45, 7) is 9.46. The van der Waals surface area contributed by atoms with Crippen molar-refractivity contribution in [1.82, 2.24) is 25.4 Å². The highest BCUT2D eigenvalue weighted by Gasteiger charge is 2.22. The van der Waals surface area contributed by atoms with E-state index in [0.29, 0.717) is 5.92 Å². The number of allylic oxidation sites excluding steroid dienone is 5. The van der Waals surface area contributed by atoms with Crippen LogP contribution >= 0.6 is 0 Å². The normalized spacial score (nSPS) is 21.0. The van der Waals surface area contributed by atoms with Gasteiger partial charge in [0.2, 0.25) is 0 Å². The SMILES string of the molecule is CC1C=C(NCCN(C)C)C=CC(NC(=O)C2=CC(C)CCc3ccc(-c4cncc(CN5CCCC5)c4)cc32)=C1. The molecule has 1 aromatic carbocycles. The maximum absolute atomic E-state index is 13.9. The first kappa shape index (κ1) is 29.0. The number of amides is 1. The van der Waals surface area contributed by atoms with Crippen molar-refractivity contribution in [2.75, 3.05) is 40.3 Å². The van der Waals surface area contributed by atoms with Gasteiger partial charge in [0.05, 0.1) is 0 Å². The lowest BCUT2D eigenvalue weighted by atomic mass is 9.93. The number of fused-ring (bicyclic) bond motifs is 1. The van der Waals surface area contributed by atoms with Crippen molar-refractivity contribution in [3.63, 3.8) is 0 Å². The zero-order chi connectivity index (χ0) is 28.8. The molecule has 2 unspecified atom stereocenters. The van der Waals surface area contributed by atoms with Crippen LogP contribution in [0.5, 0.6) is 0 Å². The Balaban J connectivity index is 1.35. The molecule has 0 radical (unpaired) electrons. The molecule has 216 valence electrons. The van der Waals surface area contributed by atoms with Crippen LogP contribution in [0, 0.1) is 11.8 Å². The van der Waals surface area contributed by atoms with Crippen LogP contribution in [0.2, 0.25) is 0 Å². The molecule has 6 nitrogen and oxygen atoms in total. The van der Waals surface area contributed by atoms with Gasteiger partial charge in [-0.25, -0.2) is 0 Å². The number of carbonyl (C=O) groups is 1. The number of aryl methyl sites for hydroxylation is 1. The van der Waals surface area contributed by atoms with Gasteiger partial charge < -0.3 is 15.5 Å². The number of nitrogens with zero attached hydrogens (tertiary/aromatic N) is 3. The molecular weight excluding hydrogens is 506 g/mol. The molecule has 0 saturated carbocycles. The number of pyridine rings is 1. The van der Waals surface area contributed by atoms with E-state index in [0.717, 1.165) is 66.1 Å². The topological polar surface area (TPSA) is 60.5 Å². The minimum atomic E-state index is -0.0508. The number of rotatable bonds is 9. The molecule has 0 spiro atoms. The second-order valence-corrected chi connectivity index (χ2v) is 12.2. The highest BCUT2D eigenvalue weighted by molar-refractivity contribution is 6.21. The van der Waals surface area contributed by atoms with Crippen LogP contribution in [0.1, 0.15) is 49.8 Å². The van der Waals surface area contributed by atoms with Gasteiger partial charge in [-0.1, -0.05) is 44.2 Å². The van der Waals surface area contributed by atoms with Crippen molar-refractivity contribution in [2.24, 2.45) is 11.8 Å². The summed E-state index contributed by atoms with van der Waals surface area (Å²) < 4.78 is 0. The summed E-state index contributed by atoms with van der Waals surface area (Å²) in [7, 11) is 4.15. The van der Waals surface area contributed by atoms with Crippen LogP contribution in [-0.4, -0.2) is 61.0 Å². The summed E-state index contributed by atoms with van der Waals surface area (Å²) in [5, 5.41) is 6.73. The van der Waals surface area contributed by atoms with Crippen LogP contribution in [0.25, 0.3) is 16.7 Å². The molecule has 3 aliphatic rings. The molecule has 1 amide bonds. The fourth-order valence-corrected chi connectivity index (χ4v) is 5.92. The molecular formula is C35H45N5O. The van der Waals surface area contributed by atoms with Crippen LogP contribution in [0.15, 0.2) is 78.4 Å². The molecule has 1 saturated heterocycles. The molecule has 1 fully saturated rings. The fraction of sp³-hybridized carbons (Fsp3) is 0.429. The second-order valence-electron chi connectivity index (χ2n) is 12.2. The maximum atomic E-state index is 13.9. The summed E-state index contributed by atoms with van der Waals surface area (Å²) in [5.41, 5.74) is 8.38. The van der Waals surface area contributed by atoms with E-state index >= 15 is 0 Å². The van der Waals surface area contributed by atoms with E-state index < -0.39 is 0 Å². The van der Waals surface area contributed by atoms with E-state index in [2.05, 4.69) is 102 Å². The van der Waals surface area contributed by atoms with E-state index in [9.17, 15) is 4.79 Å². The number of aromatic nitrogens is 1. The van der Waals surface area contributed by atoms with Gasteiger partial charge in [-0.05, 0) is 111 Å². The molecule has 6 heteroatoms. The lowest BCUT2D eigenvalue weighted by molar-refractivity contribution is -0.114. The zero-order valence-electron chi connectivity index (χ0n) is 25.1. The van der Waals surface area contributed by atoms with E-state index in [1.807, 2.05) is 18.5 Å². The molecule has 41 heavy (non-hydrogen) atoms. The van der Waals surface area contributed by atoms with Gasteiger partial charge >= 0.3 is 0 Å². The molecule has 2 atom stereocenters. The fourth-order valence-electron chi connectivity index (χ4n) is 5.92. The molecule has 2 aliphatic carbocycles. The Morgan fingerprint density at radius 3 is 2.59 bits per heavy atom. The number of nitrogens with one attached hydrogen (secondary N) is 2. The first-order valence-electron chi connectivity index (χ1n) is 15.2. The van der Waals surface area contributed by atoms with Crippen LogP contribution < -0.4 is 10.6 Å². The predicted molar refractivity (Wildman–Crippen MR) is 169 cm³/mol. The Hall–Kier alpha value is -3.48. The highest BCUT2D eigenvalue weighted by Crippen LogP contribution is 2.33. The van der Waals surface area contributed by atoms with Crippen molar-refractivity contribution >= 4 is 11.5 Å². The number of likely N-dealkylation sites (N-methyl/N-ethyl adjacent to an activating group) is 1. The number of carbonyl (C=O) groups excluding carboxylic acids is 1. The first-order valence-corrected chi connectivity index (χ1v) is 15.2. The zero-order valence-corrected chi connectivity index (χ0v) is 25.1. The summed E-state index contributed by atoms with van der Waals surface area (Å²) >= 11 is 0. The monoisotopic (exact) mass is 551 g/mol. The Morgan fingerprint density at radius 1 is 1.00 bits per heavy atom. The average molecular weight is 552 g/mol. The van der Waals surface area contributed by atoms with Crippen molar-refractivity contribution < 1.29 is 4.79 Å². The first-order chi connectivity index (χ1) is 19.8. The Kier molecular flexibility index (Phi) is 9.53. The van der Waals surface area contributed by atoms with Gasteiger partial charge in [0.1, 0.15) is 0 Å². The third-order valence-corrected chi connectivity index (χ3v) is 8.17. The molecule has 1 aromatic heterocycles. The molecule has 5 rings (SSSR count). The number of benzene rings is 1. The Morgan fingerprint density at radius 2 is 1.78 bits per heavy atom. The third-order valence-electron chi connectivity index (χ3n) is 8.17. The minimum Gasteiger partial charge on any atom is -0.384 e. The van der Waals surface area contributed by atoms with Crippen LogP contribution in [-0.2, 0) is 17.8 Å². The van der Waals surface area contributed by atoms with Gasteiger partial charge in [-0.15, -0.1) is 0 Å². The molecule has 2 N–H and O–H groups in total. The van der Waals surface area contributed by atoms with Gasteiger partial charge in [0.25, 0.3) is 5.91 Å². The lowest BCUT2D eigenvalue weighted by Gasteiger charge is -2.16. The van der Waals surface area contributed by atoms with E-state index in [1.165, 1.54) is 37.1 Å². The van der Waals surface area contributed by atoms with Gasteiger partial charge in [0.15, 0.2) is 0 Å². The summed E-state index contributed by atoms with van der Waals surface area (Å²) in [6, 6.07) is 8.86. The van der Waals surface area contributed by atoms with Crippen molar-refractivity contribution in [3.05, 3.63) is 95.1 Å². The van der Waals surface area contributed by atoms with Gasteiger partial charge in [-0.3, -0.25) is 14.7 Å². The van der Waals surface area contributed by atoms with E-state index in [4.69, 9.17) is 0 Å².